The molecule has 0 amide bonds. The molecule has 4 nitrogen and oxygen atoms in total. The summed E-state index contributed by atoms with van der Waals surface area (Å²) in [4.78, 5) is 0. The molecule has 0 aliphatic rings. The first kappa shape index (κ1) is 9.71. The van der Waals surface area contributed by atoms with Crippen molar-refractivity contribution >= 4 is 5.69 Å². The minimum absolute atomic E-state index is 0.788. The Kier molecular flexibility index (Phi) is 2.67. The van der Waals surface area contributed by atoms with Gasteiger partial charge < -0.3 is 10.3 Å². The second-order valence-electron chi connectivity index (χ2n) is 3.45. The number of nitrogen functional groups attached to an aromatic ring is 1. The van der Waals surface area contributed by atoms with Gasteiger partial charge in [-0.15, -0.1) is 10.2 Å². The Labute approximate surface area is 88.8 Å². The van der Waals surface area contributed by atoms with E-state index < -0.39 is 0 Å². The highest BCUT2D eigenvalue weighted by molar-refractivity contribution is 5.39. The molecule has 1 aromatic carbocycles. The van der Waals surface area contributed by atoms with E-state index >= 15 is 0 Å². The second-order valence-corrected chi connectivity index (χ2v) is 3.45. The number of nitrogens with two attached hydrogens (primary N) is 1. The number of hydrogen-bond acceptors (Lipinski definition) is 3. The quantitative estimate of drug-likeness (QED) is 0.767. The fourth-order valence-corrected chi connectivity index (χ4v) is 1.50. The molecule has 78 valence electrons. The van der Waals surface area contributed by atoms with Crippen LogP contribution in [-0.2, 0) is 13.0 Å². The second kappa shape index (κ2) is 4.13. The summed E-state index contributed by atoms with van der Waals surface area (Å²) in [5.41, 5.74) is 7.61. The molecule has 1 aromatic heterocycles. The van der Waals surface area contributed by atoms with Crippen LogP contribution >= 0.6 is 0 Å². The van der Waals surface area contributed by atoms with Crippen LogP contribution in [0.2, 0.25) is 0 Å². The van der Waals surface area contributed by atoms with Gasteiger partial charge in [0.2, 0.25) is 0 Å². The summed E-state index contributed by atoms with van der Waals surface area (Å²) >= 11 is 0. The summed E-state index contributed by atoms with van der Waals surface area (Å²) in [7, 11) is 0. The topological polar surface area (TPSA) is 56.7 Å². The van der Waals surface area contributed by atoms with Crippen molar-refractivity contribution < 1.29 is 0 Å². The lowest BCUT2D eigenvalue weighted by Gasteiger charge is -2.03. The molecule has 4 heteroatoms. The van der Waals surface area contributed by atoms with Gasteiger partial charge in [-0.1, -0.05) is 12.1 Å². The minimum Gasteiger partial charge on any atom is -0.399 e. The van der Waals surface area contributed by atoms with Gasteiger partial charge in [0.25, 0.3) is 0 Å². The highest BCUT2D eigenvalue weighted by Crippen LogP contribution is 2.09. The number of anilines is 1. The van der Waals surface area contributed by atoms with E-state index in [1.807, 2.05) is 28.8 Å². The summed E-state index contributed by atoms with van der Waals surface area (Å²) in [5, 5.41) is 7.98. The number of aryl methyl sites for hydroxylation is 1. The summed E-state index contributed by atoms with van der Waals surface area (Å²) in [6, 6.07) is 7.85. The maximum absolute atomic E-state index is 5.62. The first-order valence-electron chi connectivity index (χ1n) is 5.00. The monoisotopic (exact) mass is 202 g/mol. The standard InChI is InChI=1S/C11H14N4/c1-2-15-8-13-14-11(15)7-9-3-5-10(12)6-4-9/h3-6,8H,2,7,12H2,1H3. The van der Waals surface area contributed by atoms with Gasteiger partial charge in [0.05, 0.1) is 0 Å². The van der Waals surface area contributed by atoms with Crippen molar-refractivity contribution in [1.29, 1.82) is 0 Å². The van der Waals surface area contributed by atoms with Crippen LogP contribution in [0.3, 0.4) is 0 Å². The zero-order valence-corrected chi connectivity index (χ0v) is 8.72. The van der Waals surface area contributed by atoms with Crippen LogP contribution < -0.4 is 5.73 Å². The van der Waals surface area contributed by atoms with Gasteiger partial charge >= 0.3 is 0 Å². The van der Waals surface area contributed by atoms with Gasteiger partial charge in [-0.05, 0) is 24.6 Å². The predicted octanol–water partition coefficient (Wildman–Crippen LogP) is 1.47. The predicted molar refractivity (Wildman–Crippen MR) is 59.4 cm³/mol. The Morgan fingerprint density at radius 2 is 2.00 bits per heavy atom. The summed E-state index contributed by atoms with van der Waals surface area (Å²) in [5.74, 6) is 0.988. The number of aromatic nitrogens is 3. The van der Waals surface area contributed by atoms with E-state index in [1.165, 1.54) is 5.56 Å². The van der Waals surface area contributed by atoms with Gasteiger partial charge in [0.15, 0.2) is 0 Å². The molecule has 0 bridgehead atoms. The molecular formula is C11H14N4. The van der Waals surface area contributed by atoms with E-state index in [2.05, 4.69) is 17.1 Å². The number of hydrogen-bond donors (Lipinski definition) is 1. The molecule has 0 fully saturated rings. The first-order valence-corrected chi connectivity index (χ1v) is 5.00. The third-order valence-corrected chi connectivity index (χ3v) is 2.38. The van der Waals surface area contributed by atoms with Crippen molar-refractivity contribution in [2.75, 3.05) is 5.73 Å². The first-order chi connectivity index (χ1) is 7.29. The molecule has 0 unspecified atom stereocenters. The third kappa shape index (κ3) is 2.15. The number of benzene rings is 1. The Hall–Kier alpha value is -1.84. The minimum atomic E-state index is 0.788. The van der Waals surface area contributed by atoms with Gasteiger partial charge in [0, 0.05) is 18.7 Å². The lowest BCUT2D eigenvalue weighted by atomic mass is 10.1. The Morgan fingerprint density at radius 1 is 1.27 bits per heavy atom. The van der Waals surface area contributed by atoms with Crippen LogP contribution in [0.1, 0.15) is 18.3 Å². The Morgan fingerprint density at radius 3 is 2.67 bits per heavy atom. The largest absolute Gasteiger partial charge is 0.399 e. The zero-order chi connectivity index (χ0) is 10.7. The molecular weight excluding hydrogens is 188 g/mol. The van der Waals surface area contributed by atoms with Crippen LogP contribution in [0.4, 0.5) is 5.69 Å². The van der Waals surface area contributed by atoms with Crippen LogP contribution in [0.25, 0.3) is 0 Å². The third-order valence-electron chi connectivity index (χ3n) is 2.38. The Balaban J connectivity index is 2.18. The van der Waals surface area contributed by atoms with Crippen molar-refractivity contribution in [1.82, 2.24) is 14.8 Å². The van der Waals surface area contributed by atoms with Crippen LogP contribution in [-0.4, -0.2) is 14.8 Å². The van der Waals surface area contributed by atoms with Crippen LogP contribution in [0.15, 0.2) is 30.6 Å². The molecule has 0 aliphatic carbocycles. The van der Waals surface area contributed by atoms with E-state index in [4.69, 9.17) is 5.73 Å². The van der Waals surface area contributed by atoms with E-state index in [9.17, 15) is 0 Å². The molecule has 0 saturated carbocycles. The number of nitrogens with zero attached hydrogens (tertiary/aromatic N) is 3. The average Bonchev–Trinajstić information content (AvgIpc) is 2.69. The molecule has 0 saturated heterocycles. The van der Waals surface area contributed by atoms with E-state index in [0.717, 1.165) is 24.5 Å². The molecule has 2 N–H and O–H groups in total. The molecule has 2 aromatic rings. The summed E-state index contributed by atoms with van der Waals surface area (Å²) in [6.07, 6.45) is 2.56. The molecule has 2 rings (SSSR count). The van der Waals surface area contributed by atoms with Crippen molar-refractivity contribution in [3.63, 3.8) is 0 Å². The summed E-state index contributed by atoms with van der Waals surface area (Å²) in [6.45, 7) is 2.98. The lowest BCUT2D eigenvalue weighted by molar-refractivity contribution is 0.712. The van der Waals surface area contributed by atoms with E-state index in [1.54, 1.807) is 6.33 Å². The molecule has 0 atom stereocenters. The van der Waals surface area contributed by atoms with Crippen molar-refractivity contribution in [2.45, 2.75) is 19.9 Å². The highest BCUT2D eigenvalue weighted by atomic mass is 15.3. The normalized spacial score (nSPS) is 10.5. The zero-order valence-electron chi connectivity index (χ0n) is 8.72. The van der Waals surface area contributed by atoms with Crippen molar-refractivity contribution in [3.8, 4) is 0 Å². The van der Waals surface area contributed by atoms with Crippen LogP contribution in [0, 0.1) is 0 Å². The van der Waals surface area contributed by atoms with Crippen LogP contribution in [0.5, 0.6) is 0 Å². The molecule has 15 heavy (non-hydrogen) atoms. The van der Waals surface area contributed by atoms with Gasteiger partial charge in [-0.2, -0.15) is 0 Å². The highest BCUT2D eigenvalue weighted by Gasteiger charge is 2.03. The molecule has 0 radical (unpaired) electrons. The molecule has 0 spiro atoms. The average molecular weight is 202 g/mol. The number of rotatable bonds is 3. The van der Waals surface area contributed by atoms with Gasteiger partial charge in [-0.25, -0.2) is 0 Å². The molecule has 1 heterocycles. The fraction of sp³-hybridized carbons (Fsp3) is 0.273. The van der Waals surface area contributed by atoms with Crippen molar-refractivity contribution in [2.24, 2.45) is 0 Å². The Bertz CT molecular complexity index is 430. The van der Waals surface area contributed by atoms with E-state index in [-0.39, 0.29) is 0 Å². The molecule has 0 aliphatic heterocycles. The van der Waals surface area contributed by atoms with Crippen molar-refractivity contribution in [3.05, 3.63) is 42.0 Å². The maximum atomic E-state index is 5.62. The maximum Gasteiger partial charge on any atom is 0.137 e. The van der Waals surface area contributed by atoms with Gasteiger partial charge in [-0.3, -0.25) is 0 Å². The summed E-state index contributed by atoms with van der Waals surface area (Å²) < 4.78 is 2.04. The van der Waals surface area contributed by atoms with Gasteiger partial charge in [0.1, 0.15) is 12.2 Å². The smallest absolute Gasteiger partial charge is 0.137 e. The van der Waals surface area contributed by atoms with E-state index in [0.29, 0.717) is 0 Å². The fourth-order valence-electron chi connectivity index (χ4n) is 1.50. The SMILES string of the molecule is CCn1cnnc1Cc1ccc(N)cc1. The lowest BCUT2D eigenvalue weighted by Crippen LogP contribution is -2.01.